The first-order chi connectivity index (χ1) is 9.10. The fraction of sp³-hybridized carbons (Fsp3) is 0.133. The topological polar surface area (TPSA) is 41.8 Å². The maximum absolute atomic E-state index is 9.73. The lowest BCUT2D eigenvalue weighted by molar-refractivity contribution is 0.412. The van der Waals surface area contributed by atoms with Crippen molar-refractivity contribution in [3.05, 3.63) is 52.5 Å². The number of aryl methyl sites for hydroxylation is 1. The molecule has 0 atom stereocenters. The van der Waals surface area contributed by atoms with E-state index >= 15 is 0 Å². The fourth-order valence-electron chi connectivity index (χ4n) is 1.57. The lowest BCUT2D eigenvalue weighted by Gasteiger charge is -2.03. The van der Waals surface area contributed by atoms with Gasteiger partial charge < -0.3 is 9.84 Å². The monoisotopic (exact) mass is 275 g/mol. The van der Waals surface area contributed by atoms with Crippen LogP contribution < -0.4 is 4.74 Å². The summed E-state index contributed by atoms with van der Waals surface area (Å²) in [5.41, 5.74) is 2.33. The van der Waals surface area contributed by atoms with Crippen LogP contribution in [0.2, 0.25) is 5.02 Å². The summed E-state index contributed by atoms with van der Waals surface area (Å²) in [6.07, 6.45) is 1.58. The molecule has 0 heterocycles. The lowest BCUT2D eigenvalue weighted by Crippen LogP contribution is -1.87. The normalized spacial score (nSPS) is 10.9. The van der Waals surface area contributed by atoms with Crippen LogP contribution in [0.15, 0.2) is 41.4 Å². The number of phenolic OH excluding ortho intramolecular Hbond substituents is 1. The highest BCUT2D eigenvalue weighted by atomic mass is 35.5. The van der Waals surface area contributed by atoms with Gasteiger partial charge >= 0.3 is 0 Å². The van der Waals surface area contributed by atoms with E-state index in [1.165, 1.54) is 0 Å². The van der Waals surface area contributed by atoms with Gasteiger partial charge in [-0.25, -0.2) is 0 Å². The van der Waals surface area contributed by atoms with Gasteiger partial charge in [-0.15, -0.1) is 0 Å². The molecule has 0 unspecified atom stereocenters. The Kier molecular flexibility index (Phi) is 4.07. The highest BCUT2D eigenvalue weighted by Gasteiger charge is 2.01. The van der Waals surface area contributed by atoms with Crippen molar-refractivity contribution in [2.24, 2.45) is 4.99 Å². The van der Waals surface area contributed by atoms with Crippen molar-refractivity contribution in [2.75, 3.05) is 7.11 Å². The fourth-order valence-corrected chi connectivity index (χ4v) is 1.74. The molecule has 0 saturated heterocycles. The Bertz CT molecular complexity index is 624. The summed E-state index contributed by atoms with van der Waals surface area (Å²) >= 11 is 6.03. The number of ether oxygens (including phenoxy) is 1. The van der Waals surface area contributed by atoms with Gasteiger partial charge in [-0.05, 0) is 42.8 Å². The minimum absolute atomic E-state index is 0.155. The Hall–Kier alpha value is -2.00. The molecular formula is C15H14ClNO2. The number of nitrogens with zero attached hydrogens (tertiary/aromatic N) is 1. The number of methoxy groups -OCH3 is 1. The second kappa shape index (κ2) is 5.76. The van der Waals surface area contributed by atoms with Crippen LogP contribution in [0.4, 0.5) is 5.69 Å². The zero-order chi connectivity index (χ0) is 13.8. The number of phenols is 1. The van der Waals surface area contributed by atoms with E-state index in [1.807, 2.05) is 19.1 Å². The molecule has 0 aliphatic carbocycles. The van der Waals surface area contributed by atoms with Crippen molar-refractivity contribution in [1.82, 2.24) is 0 Å². The van der Waals surface area contributed by atoms with Crippen LogP contribution in [-0.2, 0) is 0 Å². The van der Waals surface area contributed by atoms with Crippen molar-refractivity contribution in [3.63, 3.8) is 0 Å². The van der Waals surface area contributed by atoms with Crippen LogP contribution >= 0.6 is 11.6 Å². The van der Waals surface area contributed by atoms with Gasteiger partial charge in [0.25, 0.3) is 0 Å². The summed E-state index contributed by atoms with van der Waals surface area (Å²) in [7, 11) is 1.58. The van der Waals surface area contributed by atoms with E-state index in [2.05, 4.69) is 4.99 Å². The number of halogens is 1. The van der Waals surface area contributed by atoms with E-state index in [9.17, 15) is 5.11 Å². The summed E-state index contributed by atoms with van der Waals surface area (Å²) in [5.74, 6) is 0.823. The molecule has 0 radical (unpaired) electrons. The summed E-state index contributed by atoms with van der Waals surface area (Å²) in [5, 5.41) is 10.4. The minimum atomic E-state index is 0.155. The van der Waals surface area contributed by atoms with Crippen molar-refractivity contribution >= 4 is 23.5 Å². The predicted molar refractivity (Wildman–Crippen MR) is 78.1 cm³/mol. The number of benzene rings is 2. The number of hydrogen-bond donors (Lipinski definition) is 1. The summed E-state index contributed by atoms with van der Waals surface area (Å²) in [6.45, 7) is 1.93. The molecule has 4 heteroatoms. The van der Waals surface area contributed by atoms with Crippen LogP contribution in [0.25, 0.3) is 0 Å². The molecule has 0 amide bonds. The maximum atomic E-state index is 9.73. The third kappa shape index (κ3) is 3.26. The molecule has 3 nitrogen and oxygen atoms in total. The van der Waals surface area contributed by atoms with Crippen LogP contribution in [0, 0.1) is 6.92 Å². The number of rotatable bonds is 3. The van der Waals surface area contributed by atoms with E-state index in [0.29, 0.717) is 16.3 Å². The van der Waals surface area contributed by atoms with Crippen LogP contribution in [0.3, 0.4) is 0 Å². The number of aliphatic imine (C=N–C) groups is 1. The lowest BCUT2D eigenvalue weighted by atomic mass is 10.2. The second-order valence-corrected chi connectivity index (χ2v) is 4.52. The summed E-state index contributed by atoms with van der Waals surface area (Å²) < 4.78 is 5.10. The Morgan fingerprint density at radius 1 is 1.21 bits per heavy atom. The molecule has 2 aromatic carbocycles. The third-order valence-electron chi connectivity index (χ3n) is 2.74. The van der Waals surface area contributed by atoms with Crippen molar-refractivity contribution in [3.8, 4) is 11.5 Å². The third-order valence-corrected chi connectivity index (χ3v) is 3.15. The van der Waals surface area contributed by atoms with Crippen LogP contribution in [-0.4, -0.2) is 18.4 Å². The molecule has 2 rings (SSSR count). The Balaban J connectivity index is 2.29. The minimum Gasteiger partial charge on any atom is -0.507 e. The first kappa shape index (κ1) is 13.4. The maximum Gasteiger partial charge on any atom is 0.124 e. The molecular weight excluding hydrogens is 262 g/mol. The van der Waals surface area contributed by atoms with E-state index in [-0.39, 0.29) is 5.75 Å². The van der Waals surface area contributed by atoms with Gasteiger partial charge in [-0.2, -0.15) is 0 Å². The van der Waals surface area contributed by atoms with Crippen LogP contribution in [0.1, 0.15) is 11.1 Å². The molecule has 0 fully saturated rings. The Morgan fingerprint density at radius 3 is 2.68 bits per heavy atom. The average molecular weight is 276 g/mol. The predicted octanol–water partition coefficient (Wildman–Crippen LogP) is 4.11. The molecule has 2 aromatic rings. The molecule has 98 valence electrons. The molecule has 19 heavy (non-hydrogen) atoms. The SMILES string of the molecule is COc1ccc(O)c(C=Nc2ccc(C)c(Cl)c2)c1. The smallest absolute Gasteiger partial charge is 0.124 e. The van der Waals surface area contributed by atoms with Gasteiger partial charge in [0, 0.05) is 16.8 Å². The highest BCUT2D eigenvalue weighted by molar-refractivity contribution is 6.31. The van der Waals surface area contributed by atoms with Gasteiger partial charge in [0.05, 0.1) is 12.8 Å². The molecule has 1 N–H and O–H groups in total. The number of hydrogen-bond acceptors (Lipinski definition) is 3. The van der Waals surface area contributed by atoms with E-state index in [0.717, 1.165) is 11.3 Å². The molecule has 0 bridgehead atoms. The first-order valence-corrected chi connectivity index (χ1v) is 6.15. The standard InChI is InChI=1S/C15H14ClNO2/c1-10-3-4-12(8-14(10)16)17-9-11-7-13(19-2)5-6-15(11)18/h3-9,18H,1-2H3. The Labute approximate surface area is 117 Å². The van der Waals surface area contributed by atoms with E-state index < -0.39 is 0 Å². The van der Waals surface area contributed by atoms with Crippen molar-refractivity contribution in [1.29, 1.82) is 0 Å². The Morgan fingerprint density at radius 2 is 2.00 bits per heavy atom. The van der Waals surface area contributed by atoms with Gasteiger partial charge in [0.1, 0.15) is 11.5 Å². The zero-order valence-electron chi connectivity index (χ0n) is 10.7. The highest BCUT2D eigenvalue weighted by Crippen LogP contribution is 2.24. The van der Waals surface area contributed by atoms with Crippen molar-refractivity contribution < 1.29 is 9.84 Å². The quantitative estimate of drug-likeness (QED) is 0.857. The van der Waals surface area contributed by atoms with Gasteiger partial charge in [0.2, 0.25) is 0 Å². The average Bonchev–Trinajstić information content (AvgIpc) is 2.41. The first-order valence-electron chi connectivity index (χ1n) is 5.77. The summed E-state index contributed by atoms with van der Waals surface area (Å²) in [6, 6.07) is 10.5. The molecule has 0 aliphatic heterocycles. The second-order valence-electron chi connectivity index (χ2n) is 4.12. The van der Waals surface area contributed by atoms with Gasteiger partial charge in [0.15, 0.2) is 0 Å². The van der Waals surface area contributed by atoms with Gasteiger partial charge in [-0.1, -0.05) is 17.7 Å². The summed E-state index contributed by atoms with van der Waals surface area (Å²) in [4.78, 5) is 4.29. The van der Waals surface area contributed by atoms with Crippen LogP contribution in [0.5, 0.6) is 11.5 Å². The molecule has 0 spiro atoms. The van der Waals surface area contributed by atoms with Gasteiger partial charge in [-0.3, -0.25) is 4.99 Å². The van der Waals surface area contributed by atoms with E-state index in [1.54, 1.807) is 37.6 Å². The molecule has 0 saturated carbocycles. The molecule has 0 aliphatic rings. The van der Waals surface area contributed by atoms with E-state index in [4.69, 9.17) is 16.3 Å². The largest absolute Gasteiger partial charge is 0.507 e. The zero-order valence-corrected chi connectivity index (χ0v) is 11.5. The number of aromatic hydroxyl groups is 1. The van der Waals surface area contributed by atoms with Crippen molar-refractivity contribution in [2.45, 2.75) is 6.92 Å². The molecule has 0 aromatic heterocycles.